The van der Waals surface area contributed by atoms with Crippen molar-refractivity contribution in [2.75, 3.05) is 0 Å². The molecule has 5 radical (unpaired) electrons. The number of benzene rings is 14. The van der Waals surface area contributed by atoms with Crippen LogP contribution in [0.4, 0.5) is 0 Å². The van der Waals surface area contributed by atoms with Gasteiger partial charge in [-0.3, -0.25) is 0 Å². The molecule has 9 nitrogen and oxygen atoms in total. The smallest absolute Gasteiger partial charge is 0.0629 e. The van der Waals surface area contributed by atoms with Crippen LogP contribution in [0.2, 0.25) is 0 Å². The molecule has 14 aromatic carbocycles. The summed E-state index contributed by atoms with van der Waals surface area (Å²) in [6.07, 6.45) is 16.3. The van der Waals surface area contributed by atoms with Crippen LogP contribution in [0.15, 0.2) is 541 Å². The zero-order valence-electron chi connectivity index (χ0n) is 84.7. The van der Waals surface area contributed by atoms with Gasteiger partial charge < -0.3 is 44.9 Å². The number of rotatable bonds is 14. The molecule has 0 aliphatic heterocycles. The van der Waals surface area contributed by atoms with E-state index in [4.69, 9.17) is 6.85 Å². The molecule has 0 unspecified atom stereocenters. The standard InChI is InChI=1S/2C18H14N.3C17H12N.C12H10N.3C11H8N.5Ir/c1-14-12-18(16-10-6-3-7-11-16)19-13-17(14)15-8-4-2-5-9-15;1-14-7-5-6-10-17(14)16-11-12-19-18(13-16)15-8-3-2-4-9-15;1-3-7-14(8-4-1)16-11-12-18-17(13-16)15-9-5-2-6-10-15;2*1-3-7-14(8-4-1)16-11-12-17(18-13-16)15-9-5-2-6-10-15;1-10-5-7-11(8-6-10)12-4-2-3-9-13-12;3*1-2-6-10(7-3-1)11-8-4-5-9-12-11;;;;;/h2-10,12-13H,1H3;2-8,10-13H,1H3;3*1-9,11-13H;2-7,9H,1H3;3*1-6,8-9H;;;;;/q9*-1;;;;;/i;;1D,3D,4D,7D,8D;;;;;;;;;;;. The van der Waals surface area contributed by atoms with Crippen molar-refractivity contribution in [3.05, 3.63) is 612 Å². The van der Waals surface area contributed by atoms with Crippen LogP contribution in [-0.2, 0) is 101 Å². The van der Waals surface area contributed by atoms with E-state index >= 15 is 0 Å². The predicted octanol–water partition coefficient (Wildman–Crippen LogP) is 32.2. The Kier molecular flexibility index (Phi) is 45.3. The van der Waals surface area contributed by atoms with Gasteiger partial charge in [0.1, 0.15) is 0 Å². The average molecular weight is 2780 g/mol. The fourth-order valence-electron chi connectivity index (χ4n) is 14.3. The molecule has 0 aliphatic carbocycles. The Hall–Kier alpha value is -15.3. The molecule has 0 saturated carbocycles. The van der Waals surface area contributed by atoms with Crippen LogP contribution in [0.1, 0.15) is 23.5 Å². The predicted molar refractivity (Wildman–Crippen MR) is 578 cm³/mol. The second-order valence-electron chi connectivity index (χ2n) is 31.4. The summed E-state index contributed by atoms with van der Waals surface area (Å²) in [6, 6.07) is 176. The van der Waals surface area contributed by atoms with Crippen LogP contribution in [-0.4, -0.2) is 44.9 Å². The molecular formula is C132H98Ir5N9-9. The van der Waals surface area contributed by atoms with Gasteiger partial charge in [-0.25, -0.2) is 0 Å². The van der Waals surface area contributed by atoms with Gasteiger partial charge in [0.25, 0.3) is 0 Å². The van der Waals surface area contributed by atoms with E-state index in [0.717, 1.165) is 107 Å². The Morgan fingerprint density at radius 2 is 0.473 bits per heavy atom. The first-order chi connectivity index (χ1) is 71.8. The zero-order valence-corrected chi connectivity index (χ0v) is 91.7. The first-order valence-electron chi connectivity index (χ1n) is 48.3. The Morgan fingerprint density at radius 1 is 0.178 bits per heavy atom. The van der Waals surface area contributed by atoms with Gasteiger partial charge >= 0.3 is 0 Å². The molecule has 0 N–H and O–H groups in total. The van der Waals surface area contributed by atoms with E-state index in [1.54, 1.807) is 49.2 Å². The second-order valence-corrected chi connectivity index (χ2v) is 31.4. The van der Waals surface area contributed by atoms with Gasteiger partial charge in [-0.15, -0.1) is 323 Å². The molecule has 9 aromatic heterocycles. The minimum Gasteiger partial charge on any atom is -0.305 e. The summed E-state index contributed by atoms with van der Waals surface area (Å²) in [4.78, 5) is 39.1. The number of hydrogen-bond donors (Lipinski definition) is 0. The normalized spacial score (nSPS) is 10.2. The van der Waals surface area contributed by atoms with Crippen LogP contribution in [0.25, 0.3) is 157 Å². The van der Waals surface area contributed by atoms with Gasteiger partial charge in [0.05, 0.1) is 6.85 Å². The molecule has 725 valence electrons. The van der Waals surface area contributed by atoms with Crippen molar-refractivity contribution in [1.29, 1.82) is 0 Å². The van der Waals surface area contributed by atoms with Crippen LogP contribution in [0.5, 0.6) is 0 Å². The van der Waals surface area contributed by atoms with Crippen molar-refractivity contribution in [3.8, 4) is 157 Å². The third-order valence-electron chi connectivity index (χ3n) is 21.5. The summed E-state index contributed by atoms with van der Waals surface area (Å²) < 4.78 is 39.3. The van der Waals surface area contributed by atoms with Gasteiger partial charge in [-0.2, -0.15) is 0 Å². The van der Waals surface area contributed by atoms with Crippen LogP contribution >= 0.6 is 0 Å². The Labute approximate surface area is 933 Å². The SMILES string of the molecule is Cc1c[c-]c(-c2ccccn2)cc1.Cc1cc(-c2[c-]cccc2)ncc1-c1ccccc1.Cc1ccccc1-c1ccnc(-c2[c-]cccc2)c1.[2H]c1c([2H])c([2H])c(-c2ccnc(-c3[c-]cccc3)c2)c([2H])c1[2H].[Ir].[Ir].[Ir].[Ir].[Ir].[c-]1ccccc1-c1ccc(-c2ccccc2)cn1.[c-]1ccccc1-c1ccc(-c2ccccc2)cn1.[c-]1ccccc1-c1ccccn1.[c-]1ccccc1-c1ccccn1.[c-]1ccccc1-c1ccccn1. The van der Waals surface area contributed by atoms with Crippen molar-refractivity contribution < 1.29 is 107 Å². The molecule has 0 bridgehead atoms. The maximum absolute atomic E-state index is 8.05. The van der Waals surface area contributed by atoms with Crippen LogP contribution in [0.3, 0.4) is 0 Å². The molecule has 23 aromatic rings. The van der Waals surface area contributed by atoms with Crippen molar-refractivity contribution in [2.45, 2.75) is 20.8 Å². The third-order valence-corrected chi connectivity index (χ3v) is 21.5. The average Bonchev–Trinajstić information content (AvgIpc) is 0.767. The van der Waals surface area contributed by atoms with Crippen LogP contribution < -0.4 is 0 Å². The largest absolute Gasteiger partial charge is 0.305 e. The molecule has 0 saturated heterocycles. The monoisotopic (exact) mass is 2780 g/mol. The minimum atomic E-state index is -0.394. The van der Waals surface area contributed by atoms with Crippen molar-refractivity contribution >= 4 is 0 Å². The molecule has 9 heterocycles. The Morgan fingerprint density at radius 3 is 0.788 bits per heavy atom. The molecule has 23 rings (SSSR count). The van der Waals surface area contributed by atoms with Gasteiger partial charge in [0.2, 0.25) is 0 Å². The van der Waals surface area contributed by atoms with E-state index in [0.29, 0.717) is 11.3 Å². The van der Waals surface area contributed by atoms with Crippen molar-refractivity contribution in [1.82, 2.24) is 44.9 Å². The van der Waals surface area contributed by atoms with E-state index in [9.17, 15) is 0 Å². The maximum atomic E-state index is 8.05. The maximum Gasteiger partial charge on any atom is 0.0629 e. The van der Waals surface area contributed by atoms with Gasteiger partial charge in [-0.1, -0.05) is 243 Å². The molecule has 14 heteroatoms. The molecular weight excluding hydrogens is 2670 g/mol. The van der Waals surface area contributed by atoms with E-state index in [2.05, 4.69) is 217 Å². The number of nitrogens with zero attached hydrogens (tertiary/aromatic N) is 9. The minimum absolute atomic E-state index is 0. The molecule has 146 heavy (non-hydrogen) atoms. The fourth-order valence-corrected chi connectivity index (χ4v) is 14.3. The first kappa shape index (κ1) is 105. The van der Waals surface area contributed by atoms with Gasteiger partial charge in [0, 0.05) is 162 Å². The second kappa shape index (κ2) is 63.0. The summed E-state index contributed by atoms with van der Waals surface area (Å²) in [5, 5.41) is 0. The Bertz CT molecular complexity index is 7290. The van der Waals surface area contributed by atoms with Crippen LogP contribution in [0, 0.1) is 75.4 Å². The van der Waals surface area contributed by atoms with Crippen molar-refractivity contribution in [2.24, 2.45) is 0 Å². The molecule has 0 atom stereocenters. The summed E-state index contributed by atoms with van der Waals surface area (Å²) in [5.41, 5.74) is 31.3. The van der Waals surface area contributed by atoms with Gasteiger partial charge in [0.15, 0.2) is 0 Å². The summed E-state index contributed by atoms with van der Waals surface area (Å²) >= 11 is 0. The quantitative estimate of drug-likeness (QED) is 0.0981. The topological polar surface area (TPSA) is 116 Å². The fraction of sp³-hybridized carbons (Fsp3) is 0.0227. The zero-order chi connectivity index (χ0) is 101. The molecule has 0 fully saturated rings. The molecule has 0 spiro atoms. The number of hydrogen-bond acceptors (Lipinski definition) is 9. The number of aromatic nitrogens is 9. The number of aryl methyl sites for hydroxylation is 3. The summed E-state index contributed by atoms with van der Waals surface area (Å²) in [7, 11) is 0. The van der Waals surface area contributed by atoms with Crippen molar-refractivity contribution in [3.63, 3.8) is 0 Å². The van der Waals surface area contributed by atoms with E-state index < -0.39 is 6.04 Å². The van der Waals surface area contributed by atoms with E-state index in [1.807, 2.05) is 365 Å². The third kappa shape index (κ3) is 35.6. The Balaban J connectivity index is 0.000000174. The van der Waals surface area contributed by atoms with Gasteiger partial charge in [-0.05, 0) is 163 Å². The van der Waals surface area contributed by atoms with E-state index in [-0.39, 0.29) is 130 Å². The van der Waals surface area contributed by atoms with E-state index in [1.165, 1.54) is 50.1 Å². The molecule has 0 amide bonds. The number of pyridine rings is 9. The summed E-state index contributed by atoms with van der Waals surface area (Å²) in [5.74, 6) is 0. The summed E-state index contributed by atoms with van der Waals surface area (Å²) in [6.45, 7) is 6.30. The molecule has 0 aliphatic rings. The first-order valence-corrected chi connectivity index (χ1v) is 45.8.